The predicted octanol–water partition coefficient (Wildman–Crippen LogP) is 1.87. The molecule has 1 N–H and O–H groups in total. The number of carbonyl (C=O) groups excluding carboxylic acids is 1. The van der Waals surface area contributed by atoms with Crippen molar-refractivity contribution < 1.29 is 9.53 Å². The van der Waals surface area contributed by atoms with Crippen LogP contribution in [0, 0.1) is 0 Å². The van der Waals surface area contributed by atoms with Gasteiger partial charge in [-0.1, -0.05) is 36.0 Å². The van der Waals surface area contributed by atoms with Crippen LogP contribution in [0.4, 0.5) is 0 Å². The molecule has 1 amide bonds. The van der Waals surface area contributed by atoms with Gasteiger partial charge in [0.25, 0.3) is 0 Å². The Kier molecular flexibility index (Phi) is 5.31. The minimum absolute atomic E-state index is 0.00621. The number of hydrogen-bond donors (Lipinski definition) is 1. The summed E-state index contributed by atoms with van der Waals surface area (Å²) in [6.45, 7) is 2.41. The molecule has 0 spiro atoms. The summed E-state index contributed by atoms with van der Waals surface area (Å²) in [5.74, 6) is 0.283. The van der Waals surface area contributed by atoms with Gasteiger partial charge in [-0.15, -0.1) is 5.10 Å². The van der Waals surface area contributed by atoms with Crippen molar-refractivity contribution in [3.63, 3.8) is 0 Å². The number of carbonyl (C=O) groups is 1. The van der Waals surface area contributed by atoms with Crippen LogP contribution in [0.15, 0.2) is 35.5 Å². The Morgan fingerprint density at radius 2 is 2.25 bits per heavy atom. The second-order valence-corrected chi connectivity index (χ2v) is 5.41. The molecule has 0 aliphatic heterocycles. The first-order valence-electron chi connectivity index (χ1n) is 6.32. The Balaban J connectivity index is 1.97. The van der Waals surface area contributed by atoms with Crippen LogP contribution in [0.3, 0.4) is 0 Å². The van der Waals surface area contributed by atoms with Crippen molar-refractivity contribution in [2.75, 3.05) is 19.5 Å². The fourth-order valence-electron chi connectivity index (χ4n) is 1.85. The third kappa shape index (κ3) is 3.91. The molecule has 0 unspecified atom stereocenters. The Labute approximate surface area is 122 Å². The normalized spacial score (nSPS) is 12.3. The van der Waals surface area contributed by atoms with Gasteiger partial charge in [0.15, 0.2) is 0 Å². The number of nitrogens with zero attached hydrogens (tertiary/aromatic N) is 2. The van der Waals surface area contributed by atoms with E-state index in [4.69, 9.17) is 4.74 Å². The Morgan fingerprint density at radius 1 is 1.45 bits per heavy atom. The highest BCUT2D eigenvalue weighted by molar-refractivity contribution is 8.00. The summed E-state index contributed by atoms with van der Waals surface area (Å²) in [5, 5.41) is 13.7. The highest BCUT2D eigenvalue weighted by Crippen LogP contribution is 2.24. The van der Waals surface area contributed by atoms with Gasteiger partial charge < -0.3 is 10.1 Å². The number of aromatic nitrogens is 2. The van der Waals surface area contributed by atoms with E-state index in [1.165, 1.54) is 11.8 Å². The molecule has 0 aliphatic carbocycles. The van der Waals surface area contributed by atoms with Crippen molar-refractivity contribution in [1.29, 1.82) is 0 Å². The zero-order valence-corrected chi connectivity index (χ0v) is 12.3. The molecule has 6 heteroatoms. The molecule has 2 rings (SSSR count). The van der Waals surface area contributed by atoms with E-state index in [2.05, 4.69) is 15.5 Å². The number of hydrogen-bond acceptors (Lipinski definition) is 5. The maximum Gasteiger partial charge on any atom is 0.230 e. The summed E-state index contributed by atoms with van der Waals surface area (Å²) in [6, 6.07) is 7.88. The van der Waals surface area contributed by atoms with Crippen LogP contribution < -0.4 is 5.32 Å². The number of methoxy groups -OCH3 is 1. The number of thioether (sulfide) groups is 1. The van der Waals surface area contributed by atoms with Crippen molar-refractivity contribution in [3.8, 4) is 0 Å². The third-order valence-electron chi connectivity index (χ3n) is 2.70. The maximum atomic E-state index is 11.8. The average molecular weight is 291 g/mol. The summed E-state index contributed by atoms with van der Waals surface area (Å²) >= 11 is 1.39. The second-order valence-electron chi connectivity index (χ2n) is 4.45. The van der Waals surface area contributed by atoms with Gasteiger partial charge in [0, 0.05) is 23.9 Å². The quantitative estimate of drug-likeness (QED) is 0.823. The topological polar surface area (TPSA) is 64.1 Å². The number of nitrogens with one attached hydrogen (secondary N) is 1. The first-order valence-corrected chi connectivity index (χ1v) is 7.31. The molecule has 0 aliphatic rings. The van der Waals surface area contributed by atoms with E-state index in [1.807, 2.05) is 31.2 Å². The van der Waals surface area contributed by atoms with Crippen molar-refractivity contribution in [3.05, 3.63) is 30.5 Å². The Bertz CT molecular complexity index is 586. The number of amides is 1. The average Bonchev–Trinajstić information content (AvgIpc) is 2.45. The van der Waals surface area contributed by atoms with E-state index in [-0.39, 0.29) is 11.9 Å². The van der Waals surface area contributed by atoms with Crippen LogP contribution in [0.2, 0.25) is 0 Å². The molecule has 106 valence electrons. The Morgan fingerprint density at radius 3 is 3.05 bits per heavy atom. The van der Waals surface area contributed by atoms with E-state index < -0.39 is 0 Å². The SMILES string of the molecule is COC[C@@H](C)NC(=O)CSc1nncc2ccccc12. The minimum Gasteiger partial charge on any atom is -0.383 e. The smallest absolute Gasteiger partial charge is 0.230 e. The first kappa shape index (κ1) is 14.7. The molecule has 0 saturated heterocycles. The van der Waals surface area contributed by atoms with Gasteiger partial charge in [0.2, 0.25) is 5.91 Å². The molecule has 20 heavy (non-hydrogen) atoms. The number of benzene rings is 1. The lowest BCUT2D eigenvalue weighted by Crippen LogP contribution is -2.36. The molecule has 0 saturated carbocycles. The lowest BCUT2D eigenvalue weighted by Gasteiger charge is -2.12. The van der Waals surface area contributed by atoms with E-state index in [0.717, 1.165) is 15.8 Å². The van der Waals surface area contributed by atoms with Crippen LogP contribution in [-0.2, 0) is 9.53 Å². The molecule has 1 aromatic carbocycles. The first-order chi connectivity index (χ1) is 9.70. The highest BCUT2D eigenvalue weighted by Gasteiger charge is 2.10. The monoisotopic (exact) mass is 291 g/mol. The summed E-state index contributed by atoms with van der Waals surface area (Å²) in [4.78, 5) is 11.8. The summed E-state index contributed by atoms with van der Waals surface area (Å²) in [7, 11) is 1.61. The van der Waals surface area contributed by atoms with Crippen molar-refractivity contribution in [2.45, 2.75) is 18.0 Å². The van der Waals surface area contributed by atoms with Crippen molar-refractivity contribution in [1.82, 2.24) is 15.5 Å². The molecular weight excluding hydrogens is 274 g/mol. The molecule has 1 atom stereocenters. The van der Waals surface area contributed by atoms with Gasteiger partial charge >= 0.3 is 0 Å². The molecule has 0 fully saturated rings. The van der Waals surface area contributed by atoms with Crippen molar-refractivity contribution in [2.24, 2.45) is 0 Å². The molecule has 1 aromatic heterocycles. The number of rotatable bonds is 6. The molecular formula is C14H17N3O2S. The minimum atomic E-state index is -0.0331. The van der Waals surface area contributed by atoms with Crippen LogP contribution >= 0.6 is 11.8 Å². The van der Waals surface area contributed by atoms with Gasteiger partial charge in [-0.05, 0) is 6.92 Å². The second kappa shape index (κ2) is 7.21. The van der Waals surface area contributed by atoms with Gasteiger partial charge in [-0.2, -0.15) is 5.10 Å². The standard InChI is InChI=1S/C14H17N3O2S/c1-10(8-19-2)16-13(18)9-20-14-12-6-4-3-5-11(12)7-15-17-14/h3-7,10H,8-9H2,1-2H3,(H,16,18)/t10-/m1/s1. The van der Waals surface area contributed by atoms with E-state index in [1.54, 1.807) is 13.3 Å². The molecule has 0 radical (unpaired) electrons. The summed E-state index contributed by atoms with van der Waals surface area (Å²) in [5.41, 5.74) is 0. The highest BCUT2D eigenvalue weighted by atomic mass is 32.2. The summed E-state index contributed by atoms with van der Waals surface area (Å²) < 4.78 is 4.98. The molecule has 2 aromatic rings. The maximum absolute atomic E-state index is 11.8. The summed E-state index contributed by atoms with van der Waals surface area (Å²) in [6.07, 6.45) is 1.72. The van der Waals surface area contributed by atoms with Gasteiger partial charge in [0.05, 0.1) is 18.6 Å². The van der Waals surface area contributed by atoms with E-state index >= 15 is 0 Å². The lowest BCUT2D eigenvalue weighted by atomic mass is 10.2. The predicted molar refractivity (Wildman–Crippen MR) is 79.7 cm³/mol. The van der Waals surface area contributed by atoms with Gasteiger partial charge in [-0.25, -0.2) is 0 Å². The van der Waals surface area contributed by atoms with Crippen LogP contribution in [0.5, 0.6) is 0 Å². The fraction of sp³-hybridized carbons (Fsp3) is 0.357. The fourth-order valence-corrected chi connectivity index (χ4v) is 2.65. The molecule has 0 bridgehead atoms. The van der Waals surface area contributed by atoms with Crippen LogP contribution in [0.25, 0.3) is 10.8 Å². The van der Waals surface area contributed by atoms with Crippen LogP contribution in [-0.4, -0.2) is 41.6 Å². The lowest BCUT2D eigenvalue weighted by molar-refractivity contribution is -0.119. The zero-order chi connectivity index (χ0) is 14.4. The molecule has 1 heterocycles. The third-order valence-corrected chi connectivity index (χ3v) is 3.68. The number of fused-ring (bicyclic) bond motifs is 1. The number of ether oxygens (including phenoxy) is 1. The zero-order valence-electron chi connectivity index (χ0n) is 11.5. The van der Waals surface area contributed by atoms with Gasteiger partial charge in [-0.3, -0.25) is 4.79 Å². The van der Waals surface area contributed by atoms with E-state index in [9.17, 15) is 4.79 Å². The molecule has 5 nitrogen and oxygen atoms in total. The van der Waals surface area contributed by atoms with Crippen molar-refractivity contribution >= 4 is 28.4 Å². The largest absolute Gasteiger partial charge is 0.383 e. The van der Waals surface area contributed by atoms with Crippen LogP contribution in [0.1, 0.15) is 6.92 Å². The van der Waals surface area contributed by atoms with Gasteiger partial charge in [0.1, 0.15) is 5.03 Å². The Hall–Kier alpha value is -1.66. The van der Waals surface area contributed by atoms with E-state index in [0.29, 0.717) is 12.4 Å².